The van der Waals surface area contributed by atoms with Crippen LogP contribution in [0.1, 0.15) is 12.8 Å². The Morgan fingerprint density at radius 2 is 1.84 bits per heavy atom. The van der Waals surface area contributed by atoms with Crippen LogP contribution < -0.4 is 15.1 Å². The topological polar surface area (TPSA) is 53.5 Å². The maximum atomic E-state index is 5.42. The quantitative estimate of drug-likeness (QED) is 0.923. The van der Waals surface area contributed by atoms with Crippen LogP contribution in [-0.2, 0) is 4.74 Å². The summed E-state index contributed by atoms with van der Waals surface area (Å²) in [5, 5.41) is 3.61. The first-order valence-electron chi connectivity index (χ1n) is 9.10. The average molecular weight is 339 g/mol. The van der Waals surface area contributed by atoms with Crippen molar-refractivity contribution in [3.05, 3.63) is 42.7 Å². The molecular weight excluding hydrogens is 314 g/mol. The minimum absolute atomic E-state index is 0.404. The Labute approximate surface area is 148 Å². The number of rotatable bonds is 4. The minimum Gasteiger partial charge on any atom is -0.378 e. The van der Waals surface area contributed by atoms with E-state index in [-0.39, 0.29) is 0 Å². The Hall–Kier alpha value is -2.34. The van der Waals surface area contributed by atoms with Gasteiger partial charge in [0, 0.05) is 44.0 Å². The first-order valence-corrected chi connectivity index (χ1v) is 9.10. The van der Waals surface area contributed by atoms with Gasteiger partial charge in [-0.2, -0.15) is 0 Å². The van der Waals surface area contributed by atoms with Crippen molar-refractivity contribution in [2.75, 3.05) is 54.5 Å². The zero-order valence-electron chi connectivity index (χ0n) is 14.5. The van der Waals surface area contributed by atoms with Gasteiger partial charge in [0.05, 0.1) is 13.2 Å². The lowest BCUT2D eigenvalue weighted by molar-refractivity contribution is 0.122. The van der Waals surface area contributed by atoms with Crippen LogP contribution in [0.25, 0.3) is 0 Å². The summed E-state index contributed by atoms with van der Waals surface area (Å²) < 4.78 is 5.42. The van der Waals surface area contributed by atoms with E-state index in [2.05, 4.69) is 61.5 Å². The molecule has 25 heavy (non-hydrogen) atoms. The highest BCUT2D eigenvalue weighted by atomic mass is 16.5. The second-order valence-electron chi connectivity index (χ2n) is 6.63. The van der Waals surface area contributed by atoms with Gasteiger partial charge in [0.25, 0.3) is 0 Å². The molecule has 0 radical (unpaired) electrons. The summed E-state index contributed by atoms with van der Waals surface area (Å²) in [5.41, 5.74) is 1.30. The van der Waals surface area contributed by atoms with Crippen molar-refractivity contribution in [1.82, 2.24) is 9.97 Å². The molecule has 2 aliphatic rings. The summed E-state index contributed by atoms with van der Waals surface area (Å²) >= 11 is 0. The molecule has 0 saturated carbocycles. The van der Waals surface area contributed by atoms with Crippen molar-refractivity contribution in [2.45, 2.75) is 18.9 Å². The minimum atomic E-state index is 0.404. The van der Waals surface area contributed by atoms with E-state index in [1.165, 1.54) is 18.5 Å². The molecule has 4 rings (SSSR count). The molecule has 132 valence electrons. The molecule has 2 aromatic rings. The molecule has 0 aliphatic carbocycles. The van der Waals surface area contributed by atoms with Gasteiger partial charge < -0.3 is 19.9 Å². The van der Waals surface area contributed by atoms with Gasteiger partial charge in [-0.15, -0.1) is 0 Å². The summed E-state index contributed by atoms with van der Waals surface area (Å²) in [4.78, 5) is 13.6. The van der Waals surface area contributed by atoms with Gasteiger partial charge in [0.15, 0.2) is 0 Å². The number of hydrogen-bond acceptors (Lipinski definition) is 6. The van der Waals surface area contributed by atoms with E-state index in [0.29, 0.717) is 6.04 Å². The van der Waals surface area contributed by atoms with Crippen LogP contribution in [0.5, 0.6) is 0 Å². The molecule has 0 amide bonds. The van der Waals surface area contributed by atoms with E-state index in [9.17, 15) is 0 Å². The number of nitrogens with one attached hydrogen (secondary N) is 1. The molecule has 6 heteroatoms. The van der Waals surface area contributed by atoms with Crippen molar-refractivity contribution >= 4 is 17.3 Å². The lowest BCUT2D eigenvalue weighted by Crippen LogP contribution is -2.42. The predicted molar refractivity (Wildman–Crippen MR) is 100 cm³/mol. The summed E-state index contributed by atoms with van der Waals surface area (Å²) in [6, 6.07) is 13.1. The maximum Gasteiger partial charge on any atom is 0.134 e. The highest BCUT2D eigenvalue weighted by molar-refractivity contribution is 5.51. The van der Waals surface area contributed by atoms with Gasteiger partial charge in [0.2, 0.25) is 0 Å². The van der Waals surface area contributed by atoms with E-state index < -0.39 is 0 Å². The summed E-state index contributed by atoms with van der Waals surface area (Å²) in [7, 11) is 0. The number of aromatic nitrogens is 2. The van der Waals surface area contributed by atoms with Gasteiger partial charge in [-0.3, -0.25) is 0 Å². The number of hydrogen-bond donors (Lipinski definition) is 1. The number of benzene rings is 1. The first kappa shape index (κ1) is 16.1. The Morgan fingerprint density at radius 3 is 2.68 bits per heavy atom. The second kappa shape index (κ2) is 7.70. The highest BCUT2D eigenvalue weighted by Crippen LogP contribution is 2.22. The standard InChI is InChI=1S/C19H25N5O/c1-2-6-17(7-3-1)24-8-4-5-16(14-24)22-18-13-19(21-15-20-18)23-9-11-25-12-10-23/h1-3,6-7,13,15-16H,4-5,8-12,14H2,(H,20,21,22). The number of para-hydroxylation sites is 1. The Kier molecular flexibility index (Phi) is 4.97. The number of anilines is 3. The van der Waals surface area contributed by atoms with E-state index >= 15 is 0 Å². The van der Waals surface area contributed by atoms with Crippen molar-refractivity contribution in [2.24, 2.45) is 0 Å². The molecule has 1 aromatic carbocycles. The van der Waals surface area contributed by atoms with E-state index in [0.717, 1.165) is 51.0 Å². The van der Waals surface area contributed by atoms with E-state index in [1.54, 1.807) is 6.33 Å². The fourth-order valence-electron chi connectivity index (χ4n) is 3.57. The van der Waals surface area contributed by atoms with E-state index in [4.69, 9.17) is 4.74 Å². The Balaban J connectivity index is 1.41. The summed E-state index contributed by atoms with van der Waals surface area (Å²) in [5.74, 6) is 1.90. The largest absolute Gasteiger partial charge is 0.378 e. The monoisotopic (exact) mass is 339 g/mol. The van der Waals surface area contributed by atoms with Crippen molar-refractivity contribution in [3.63, 3.8) is 0 Å². The number of morpholine rings is 1. The molecule has 1 atom stereocenters. The van der Waals surface area contributed by atoms with Gasteiger partial charge in [-0.05, 0) is 25.0 Å². The number of nitrogens with zero attached hydrogens (tertiary/aromatic N) is 4. The van der Waals surface area contributed by atoms with Crippen LogP contribution in [0.15, 0.2) is 42.7 Å². The zero-order valence-corrected chi connectivity index (χ0v) is 14.5. The normalized spacial score (nSPS) is 21.2. The Bertz CT molecular complexity index is 675. The van der Waals surface area contributed by atoms with Crippen molar-refractivity contribution in [3.8, 4) is 0 Å². The van der Waals surface area contributed by atoms with Crippen molar-refractivity contribution < 1.29 is 4.74 Å². The zero-order chi connectivity index (χ0) is 16.9. The van der Waals surface area contributed by atoms with Gasteiger partial charge in [0.1, 0.15) is 18.0 Å². The molecule has 0 spiro atoms. The van der Waals surface area contributed by atoms with Crippen LogP contribution in [-0.4, -0.2) is 55.4 Å². The third-order valence-corrected chi connectivity index (χ3v) is 4.88. The predicted octanol–water partition coefficient (Wildman–Crippen LogP) is 2.39. The lowest BCUT2D eigenvalue weighted by Gasteiger charge is -2.35. The molecule has 2 saturated heterocycles. The number of ether oxygens (including phenoxy) is 1. The fraction of sp³-hybridized carbons (Fsp3) is 0.474. The maximum absolute atomic E-state index is 5.42. The molecular formula is C19H25N5O. The molecule has 1 aromatic heterocycles. The first-order chi connectivity index (χ1) is 12.4. The molecule has 6 nitrogen and oxygen atoms in total. The molecule has 1 N–H and O–H groups in total. The second-order valence-corrected chi connectivity index (χ2v) is 6.63. The van der Waals surface area contributed by atoms with Crippen LogP contribution in [0.4, 0.5) is 17.3 Å². The number of piperidine rings is 1. The van der Waals surface area contributed by atoms with Gasteiger partial charge >= 0.3 is 0 Å². The van der Waals surface area contributed by atoms with Gasteiger partial charge in [-0.1, -0.05) is 18.2 Å². The Morgan fingerprint density at radius 1 is 1.00 bits per heavy atom. The molecule has 2 aliphatic heterocycles. The molecule has 0 bridgehead atoms. The fourth-order valence-corrected chi connectivity index (χ4v) is 3.57. The van der Waals surface area contributed by atoms with Gasteiger partial charge in [-0.25, -0.2) is 9.97 Å². The third-order valence-electron chi connectivity index (χ3n) is 4.88. The molecule has 1 unspecified atom stereocenters. The average Bonchev–Trinajstić information content (AvgIpc) is 2.70. The molecule has 3 heterocycles. The highest BCUT2D eigenvalue weighted by Gasteiger charge is 2.21. The van der Waals surface area contributed by atoms with Crippen LogP contribution in [0, 0.1) is 0 Å². The SMILES string of the molecule is c1ccc(N2CCCC(Nc3cc(N4CCOCC4)ncn3)C2)cc1. The van der Waals surface area contributed by atoms with Crippen LogP contribution >= 0.6 is 0 Å². The van der Waals surface area contributed by atoms with Crippen molar-refractivity contribution in [1.29, 1.82) is 0 Å². The molecule has 2 fully saturated rings. The lowest BCUT2D eigenvalue weighted by atomic mass is 10.0. The third kappa shape index (κ3) is 4.02. The van der Waals surface area contributed by atoms with Crippen LogP contribution in [0.2, 0.25) is 0 Å². The summed E-state index contributed by atoms with van der Waals surface area (Å²) in [6.07, 6.45) is 4.01. The van der Waals surface area contributed by atoms with Crippen LogP contribution in [0.3, 0.4) is 0 Å². The smallest absolute Gasteiger partial charge is 0.134 e. The summed E-state index contributed by atoms with van der Waals surface area (Å²) in [6.45, 7) is 5.43. The van der Waals surface area contributed by atoms with E-state index in [1.807, 2.05) is 0 Å².